The lowest BCUT2D eigenvalue weighted by Crippen LogP contribution is -1.78. The monoisotopic (exact) mass is 176 g/mol. The van der Waals surface area contributed by atoms with Gasteiger partial charge in [-0.1, -0.05) is 18.2 Å². The minimum absolute atomic E-state index is 0.905. The minimum atomic E-state index is 0.905. The maximum Gasteiger partial charge on any atom is 0.129 e. The Labute approximate surface area is 79.8 Å². The Hall–Kier alpha value is -1.24. The highest BCUT2D eigenvalue weighted by Gasteiger charge is 1.99. The third-order valence-corrected chi connectivity index (χ3v) is 1.87. The molecule has 0 spiro atoms. The topological polar surface area (TPSA) is 13.1 Å². The van der Waals surface area contributed by atoms with E-state index in [1.54, 1.807) is 6.26 Å². The first-order valence-corrected chi connectivity index (χ1v) is 4.55. The standard InChI is InChI=1S/C12H16O/c1-10(2)6-4-7-11(3)12-8-5-9-13-12/h5-6,8-9H,3-4,7H2,1-2H3. The lowest BCUT2D eigenvalue weighted by Gasteiger charge is -1.98. The molecule has 0 aliphatic rings. The second kappa shape index (κ2) is 4.70. The van der Waals surface area contributed by atoms with Crippen LogP contribution in [-0.4, -0.2) is 0 Å². The van der Waals surface area contributed by atoms with Gasteiger partial charge in [0.05, 0.1) is 6.26 Å². The first kappa shape index (κ1) is 9.85. The molecule has 70 valence electrons. The molecule has 0 N–H and O–H groups in total. The predicted octanol–water partition coefficient (Wildman–Crippen LogP) is 4.04. The molecule has 1 heteroatoms. The van der Waals surface area contributed by atoms with Crippen LogP contribution in [-0.2, 0) is 0 Å². The van der Waals surface area contributed by atoms with E-state index in [4.69, 9.17) is 4.42 Å². The first-order chi connectivity index (χ1) is 6.20. The molecule has 0 amide bonds. The Morgan fingerprint density at radius 3 is 2.85 bits per heavy atom. The molecule has 1 rings (SSSR count). The Kier molecular flexibility index (Phi) is 3.56. The number of hydrogen-bond acceptors (Lipinski definition) is 1. The fraction of sp³-hybridized carbons (Fsp3) is 0.333. The average Bonchev–Trinajstić information content (AvgIpc) is 2.55. The van der Waals surface area contributed by atoms with E-state index in [2.05, 4.69) is 26.5 Å². The second-order valence-electron chi connectivity index (χ2n) is 3.40. The van der Waals surface area contributed by atoms with E-state index in [0.29, 0.717) is 0 Å². The summed E-state index contributed by atoms with van der Waals surface area (Å²) in [4.78, 5) is 0. The molecule has 1 nitrogen and oxygen atoms in total. The van der Waals surface area contributed by atoms with Crippen molar-refractivity contribution in [3.63, 3.8) is 0 Å². The average molecular weight is 176 g/mol. The molecule has 1 aromatic rings. The van der Waals surface area contributed by atoms with Crippen LogP contribution in [0.25, 0.3) is 5.57 Å². The summed E-state index contributed by atoms with van der Waals surface area (Å²) in [5.41, 5.74) is 2.43. The van der Waals surface area contributed by atoms with E-state index in [1.807, 2.05) is 12.1 Å². The molecule has 0 atom stereocenters. The highest BCUT2D eigenvalue weighted by atomic mass is 16.3. The van der Waals surface area contributed by atoms with Gasteiger partial charge < -0.3 is 4.42 Å². The summed E-state index contributed by atoms with van der Waals surface area (Å²) < 4.78 is 5.23. The largest absolute Gasteiger partial charge is 0.465 e. The number of rotatable bonds is 4. The van der Waals surface area contributed by atoms with E-state index in [1.165, 1.54) is 5.57 Å². The molecule has 0 fully saturated rings. The van der Waals surface area contributed by atoms with Gasteiger partial charge in [-0.3, -0.25) is 0 Å². The molecule has 1 heterocycles. The van der Waals surface area contributed by atoms with Gasteiger partial charge in [0, 0.05) is 0 Å². The van der Waals surface area contributed by atoms with Crippen molar-refractivity contribution in [1.29, 1.82) is 0 Å². The Bertz CT molecular complexity index is 287. The van der Waals surface area contributed by atoms with Crippen molar-refractivity contribution >= 4 is 5.57 Å². The summed E-state index contributed by atoms with van der Waals surface area (Å²) in [5, 5.41) is 0. The minimum Gasteiger partial charge on any atom is -0.465 e. The molecular weight excluding hydrogens is 160 g/mol. The fourth-order valence-electron chi connectivity index (χ4n) is 1.14. The molecule has 0 saturated heterocycles. The molecule has 0 unspecified atom stereocenters. The highest BCUT2D eigenvalue weighted by molar-refractivity contribution is 5.58. The number of hydrogen-bond donors (Lipinski definition) is 0. The van der Waals surface area contributed by atoms with Crippen LogP contribution in [0, 0.1) is 0 Å². The number of allylic oxidation sites excluding steroid dienone is 3. The molecule has 0 aliphatic heterocycles. The zero-order valence-corrected chi connectivity index (χ0v) is 8.34. The van der Waals surface area contributed by atoms with Crippen LogP contribution in [0.4, 0.5) is 0 Å². The summed E-state index contributed by atoms with van der Waals surface area (Å²) >= 11 is 0. The van der Waals surface area contributed by atoms with E-state index in [-0.39, 0.29) is 0 Å². The van der Waals surface area contributed by atoms with Crippen molar-refractivity contribution in [1.82, 2.24) is 0 Å². The van der Waals surface area contributed by atoms with Crippen molar-refractivity contribution in [3.8, 4) is 0 Å². The Balaban J connectivity index is 2.39. The maximum absolute atomic E-state index is 5.23. The summed E-state index contributed by atoms with van der Waals surface area (Å²) in [5.74, 6) is 0.905. The fourth-order valence-corrected chi connectivity index (χ4v) is 1.14. The smallest absolute Gasteiger partial charge is 0.129 e. The van der Waals surface area contributed by atoms with E-state index in [0.717, 1.165) is 24.2 Å². The predicted molar refractivity (Wildman–Crippen MR) is 56.4 cm³/mol. The van der Waals surface area contributed by atoms with E-state index in [9.17, 15) is 0 Å². The summed E-state index contributed by atoms with van der Waals surface area (Å²) in [7, 11) is 0. The molecule has 0 bridgehead atoms. The quantitative estimate of drug-likeness (QED) is 0.631. The summed E-state index contributed by atoms with van der Waals surface area (Å²) in [6.07, 6.45) is 5.91. The molecule has 0 saturated carbocycles. The van der Waals surface area contributed by atoms with Gasteiger partial charge in [0.25, 0.3) is 0 Å². The highest BCUT2D eigenvalue weighted by Crippen LogP contribution is 2.18. The van der Waals surface area contributed by atoms with Crippen LogP contribution in [0.15, 0.2) is 41.0 Å². The van der Waals surface area contributed by atoms with Gasteiger partial charge in [-0.25, -0.2) is 0 Å². The third kappa shape index (κ3) is 3.32. The van der Waals surface area contributed by atoms with Crippen molar-refractivity contribution in [3.05, 3.63) is 42.4 Å². The zero-order valence-electron chi connectivity index (χ0n) is 8.34. The third-order valence-electron chi connectivity index (χ3n) is 1.87. The number of furan rings is 1. The van der Waals surface area contributed by atoms with Crippen molar-refractivity contribution < 1.29 is 4.42 Å². The summed E-state index contributed by atoms with van der Waals surface area (Å²) in [6, 6.07) is 3.84. The molecule has 13 heavy (non-hydrogen) atoms. The molecule has 0 radical (unpaired) electrons. The van der Waals surface area contributed by atoms with Gasteiger partial charge in [0.2, 0.25) is 0 Å². The van der Waals surface area contributed by atoms with Crippen LogP contribution in [0.5, 0.6) is 0 Å². The van der Waals surface area contributed by atoms with E-state index >= 15 is 0 Å². The maximum atomic E-state index is 5.23. The van der Waals surface area contributed by atoms with E-state index < -0.39 is 0 Å². The van der Waals surface area contributed by atoms with Gasteiger partial charge in [-0.2, -0.15) is 0 Å². The van der Waals surface area contributed by atoms with Gasteiger partial charge in [-0.05, 0) is 44.4 Å². The second-order valence-corrected chi connectivity index (χ2v) is 3.40. The molecule has 1 aromatic heterocycles. The first-order valence-electron chi connectivity index (χ1n) is 4.55. The van der Waals surface area contributed by atoms with Crippen LogP contribution in [0.3, 0.4) is 0 Å². The lowest BCUT2D eigenvalue weighted by molar-refractivity contribution is 0.550. The van der Waals surface area contributed by atoms with Crippen LogP contribution < -0.4 is 0 Å². The van der Waals surface area contributed by atoms with Gasteiger partial charge in [0.15, 0.2) is 0 Å². The Morgan fingerprint density at radius 1 is 1.54 bits per heavy atom. The van der Waals surface area contributed by atoms with Gasteiger partial charge in [-0.15, -0.1) is 0 Å². The molecular formula is C12H16O. The SMILES string of the molecule is C=C(CCC=C(C)C)c1ccco1. The Morgan fingerprint density at radius 2 is 2.31 bits per heavy atom. The van der Waals surface area contributed by atoms with Crippen molar-refractivity contribution in [2.45, 2.75) is 26.7 Å². The normalized spacial score (nSPS) is 9.69. The van der Waals surface area contributed by atoms with Gasteiger partial charge >= 0.3 is 0 Å². The summed E-state index contributed by atoms with van der Waals surface area (Å²) in [6.45, 7) is 8.18. The van der Waals surface area contributed by atoms with Crippen molar-refractivity contribution in [2.24, 2.45) is 0 Å². The van der Waals surface area contributed by atoms with Crippen LogP contribution in [0.2, 0.25) is 0 Å². The van der Waals surface area contributed by atoms with Crippen LogP contribution in [0.1, 0.15) is 32.4 Å². The zero-order chi connectivity index (χ0) is 9.68. The van der Waals surface area contributed by atoms with Crippen LogP contribution >= 0.6 is 0 Å². The molecule has 0 aromatic carbocycles. The molecule has 0 aliphatic carbocycles. The lowest BCUT2D eigenvalue weighted by atomic mass is 10.1. The van der Waals surface area contributed by atoms with Gasteiger partial charge in [0.1, 0.15) is 5.76 Å². The van der Waals surface area contributed by atoms with Crippen molar-refractivity contribution in [2.75, 3.05) is 0 Å².